The van der Waals surface area contributed by atoms with Crippen molar-refractivity contribution in [2.24, 2.45) is 0 Å². The van der Waals surface area contributed by atoms with Crippen LogP contribution in [0, 0.1) is 0 Å². The predicted molar refractivity (Wildman–Crippen MR) is 83.3 cm³/mol. The van der Waals surface area contributed by atoms with Crippen molar-refractivity contribution in [1.82, 2.24) is 0 Å². The maximum atomic E-state index is 10.7. The van der Waals surface area contributed by atoms with Crippen LogP contribution in [0.3, 0.4) is 0 Å². The Morgan fingerprint density at radius 2 is 1.45 bits per heavy atom. The Kier molecular flexibility index (Phi) is 4.82. The van der Waals surface area contributed by atoms with E-state index in [0.717, 1.165) is 0 Å². The van der Waals surface area contributed by atoms with Crippen LogP contribution in [0.25, 0.3) is 11.1 Å². The molecule has 0 unspecified atom stereocenters. The first kappa shape index (κ1) is 15.5. The van der Waals surface area contributed by atoms with E-state index in [4.69, 9.17) is 51.5 Å². The fourth-order valence-electron chi connectivity index (χ4n) is 1.79. The molecule has 20 heavy (non-hydrogen) atoms. The first-order valence-electron chi connectivity index (χ1n) is 5.53. The summed E-state index contributed by atoms with van der Waals surface area (Å²) in [6, 6.07) is 8.18. The Morgan fingerprint density at radius 3 is 2.05 bits per heavy atom. The van der Waals surface area contributed by atoms with Gasteiger partial charge >= 0.3 is 5.97 Å². The van der Waals surface area contributed by atoms with E-state index in [2.05, 4.69) is 0 Å². The molecule has 0 spiro atoms. The minimum atomic E-state index is -0.915. The summed E-state index contributed by atoms with van der Waals surface area (Å²) in [5, 5.41) is 10.3. The molecule has 0 aliphatic heterocycles. The summed E-state index contributed by atoms with van der Waals surface area (Å²) in [5.41, 5.74) is 1.93. The molecular weight excluding hydrogens is 342 g/mol. The normalized spacial score (nSPS) is 10.6. The molecule has 0 atom stereocenters. The van der Waals surface area contributed by atoms with E-state index in [1.54, 1.807) is 30.3 Å². The molecule has 2 aromatic carbocycles. The number of aliphatic carboxylic acids is 1. The van der Waals surface area contributed by atoms with Gasteiger partial charge in [-0.2, -0.15) is 0 Å². The Hall–Kier alpha value is -0.930. The lowest BCUT2D eigenvalue weighted by atomic mass is 10.0. The summed E-state index contributed by atoms with van der Waals surface area (Å²) in [5.74, 6) is -0.915. The third-order valence-corrected chi connectivity index (χ3v) is 4.04. The number of halogens is 4. The molecule has 0 amide bonds. The molecular formula is C14H8Cl4O2. The molecule has 0 saturated heterocycles. The van der Waals surface area contributed by atoms with Crippen molar-refractivity contribution >= 4 is 52.4 Å². The van der Waals surface area contributed by atoms with Gasteiger partial charge in [0, 0.05) is 16.1 Å². The Bertz CT molecular complexity index is 683. The standard InChI is InChI=1S/C14H8Cl4O2/c15-10-3-7(4-14(19)20)1-2-8(10)9-5-12(17)13(18)6-11(9)16/h1-3,5-6H,4H2,(H,19,20). The molecule has 2 rings (SSSR count). The van der Waals surface area contributed by atoms with Crippen molar-refractivity contribution in [3.8, 4) is 11.1 Å². The van der Waals surface area contributed by atoms with Crippen LogP contribution in [0.5, 0.6) is 0 Å². The second-order valence-corrected chi connectivity index (χ2v) is 5.76. The van der Waals surface area contributed by atoms with E-state index in [9.17, 15) is 4.79 Å². The topological polar surface area (TPSA) is 37.3 Å². The van der Waals surface area contributed by atoms with Crippen LogP contribution < -0.4 is 0 Å². The molecule has 0 aromatic heterocycles. The van der Waals surface area contributed by atoms with Crippen molar-refractivity contribution < 1.29 is 9.90 Å². The van der Waals surface area contributed by atoms with Crippen molar-refractivity contribution in [3.05, 3.63) is 56.0 Å². The highest BCUT2D eigenvalue weighted by Gasteiger charge is 2.12. The molecule has 2 nitrogen and oxygen atoms in total. The van der Waals surface area contributed by atoms with Gasteiger partial charge in [-0.15, -0.1) is 0 Å². The highest BCUT2D eigenvalue weighted by atomic mass is 35.5. The number of rotatable bonds is 3. The molecule has 0 aliphatic carbocycles. The van der Waals surface area contributed by atoms with E-state index < -0.39 is 5.97 Å². The second kappa shape index (κ2) is 6.23. The van der Waals surface area contributed by atoms with Crippen molar-refractivity contribution in [1.29, 1.82) is 0 Å². The zero-order valence-corrected chi connectivity index (χ0v) is 13.0. The van der Waals surface area contributed by atoms with Crippen LogP contribution >= 0.6 is 46.4 Å². The minimum absolute atomic E-state index is 0.0882. The molecule has 0 saturated carbocycles. The molecule has 0 bridgehead atoms. The third kappa shape index (κ3) is 3.39. The fraction of sp³-hybridized carbons (Fsp3) is 0.0714. The predicted octanol–water partition coefficient (Wildman–Crippen LogP) is 5.59. The fourth-order valence-corrected chi connectivity index (χ4v) is 2.74. The molecule has 0 radical (unpaired) electrons. The van der Waals surface area contributed by atoms with Gasteiger partial charge in [0.1, 0.15) is 0 Å². The van der Waals surface area contributed by atoms with Crippen molar-refractivity contribution in [2.45, 2.75) is 6.42 Å². The van der Waals surface area contributed by atoms with Crippen LogP contribution in [-0.4, -0.2) is 11.1 Å². The van der Waals surface area contributed by atoms with Crippen LogP contribution in [0.1, 0.15) is 5.56 Å². The van der Waals surface area contributed by atoms with E-state index in [0.29, 0.717) is 36.8 Å². The van der Waals surface area contributed by atoms with Gasteiger partial charge in [-0.3, -0.25) is 4.79 Å². The van der Waals surface area contributed by atoms with Gasteiger partial charge in [0.15, 0.2) is 0 Å². The van der Waals surface area contributed by atoms with Crippen LogP contribution in [0.2, 0.25) is 20.1 Å². The maximum Gasteiger partial charge on any atom is 0.307 e. The molecule has 2 aromatic rings. The van der Waals surface area contributed by atoms with E-state index in [-0.39, 0.29) is 6.42 Å². The number of hydrogen-bond donors (Lipinski definition) is 1. The van der Waals surface area contributed by atoms with Crippen molar-refractivity contribution in [3.63, 3.8) is 0 Å². The van der Waals surface area contributed by atoms with Gasteiger partial charge in [0.25, 0.3) is 0 Å². The van der Waals surface area contributed by atoms with Gasteiger partial charge < -0.3 is 5.11 Å². The Labute approximate surface area is 135 Å². The zero-order chi connectivity index (χ0) is 14.9. The number of carbonyl (C=O) groups is 1. The lowest BCUT2D eigenvalue weighted by molar-refractivity contribution is -0.136. The van der Waals surface area contributed by atoms with Crippen LogP contribution in [-0.2, 0) is 11.2 Å². The smallest absolute Gasteiger partial charge is 0.307 e. The van der Waals surface area contributed by atoms with Crippen molar-refractivity contribution in [2.75, 3.05) is 0 Å². The Morgan fingerprint density at radius 1 is 0.850 bits per heavy atom. The molecule has 104 valence electrons. The van der Waals surface area contributed by atoms with Gasteiger partial charge in [-0.25, -0.2) is 0 Å². The Balaban J connectivity index is 2.48. The molecule has 6 heteroatoms. The third-order valence-electron chi connectivity index (χ3n) is 2.69. The van der Waals surface area contributed by atoms with Gasteiger partial charge in [0.2, 0.25) is 0 Å². The highest BCUT2D eigenvalue weighted by Crippen LogP contribution is 2.38. The van der Waals surface area contributed by atoms with Gasteiger partial charge in [-0.05, 0) is 23.8 Å². The summed E-state index contributed by atoms with van der Waals surface area (Å²) in [6.07, 6.45) is -0.0882. The minimum Gasteiger partial charge on any atom is -0.481 e. The first-order chi connectivity index (χ1) is 9.38. The maximum absolute atomic E-state index is 10.7. The summed E-state index contributed by atoms with van der Waals surface area (Å²) >= 11 is 24.2. The lowest BCUT2D eigenvalue weighted by Crippen LogP contribution is -1.99. The van der Waals surface area contributed by atoms with E-state index in [1.165, 1.54) is 0 Å². The lowest BCUT2D eigenvalue weighted by Gasteiger charge is -2.10. The summed E-state index contributed by atoms with van der Waals surface area (Å²) < 4.78 is 0. The van der Waals surface area contributed by atoms with E-state index >= 15 is 0 Å². The highest BCUT2D eigenvalue weighted by molar-refractivity contribution is 6.44. The first-order valence-corrected chi connectivity index (χ1v) is 7.05. The SMILES string of the molecule is O=C(O)Cc1ccc(-c2cc(Cl)c(Cl)cc2Cl)c(Cl)c1. The van der Waals surface area contributed by atoms with Gasteiger partial charge in [0.05, 0.1) is 21.5 Å². The van der Waals surface area contributed by atoms with E-state index in [1.807, 2.05) is 0 Å². The number of benzene rings is 2. The summed E-state index contributed by atoms with van der Waals surface area (Å²) in [6.45, 7) is 0. The van der Waals surface area contributed by atoms with Crippen LogP contribution in [0.4, 0.5) is 0 Å². The average Bonchev–Trinajstić information content (AvgIpc) is 2.34. The molecule has 0 fully saturated rings. The zero-order valence-electron chi connectivity index (χ0n) is 9.96. The molecule has 1 N–H and O–H groups in total. The number of hydrogen-bond acceptors (Lipinski definition) is 1. The quantitative estimate of drug-likeness (QED) is 0.733. The largest absolute Gasteiger partial charge is 0.481 e. The number of carboxylic acids is 1. The van der Waals surface area contributed by atoms with Crippen LogP contribution in [0.15, 0.2) is 30.3 Å². The average molecular weight is 350 g/mol. The molecule has 0 aliphatic rings. The summed E-state index contributed by atoms with van der Waals surface area (Å²) in [4.78, 5) is 10.7. The summed E-state index contributed by atoms with van der Waals surface area (Å²) in [7, 11) is 0. The monoisotopic (exact) mass is 348 g/mol. The second-order valence-electron chi connectivity index (χ2n) is 4.13. The van der Waals surface area contributed by atoms with Gasteiger partial charge in [-0.1, -0.05) is 58.5 Å². The molecule has 0 heterocycles. The number of carboxylic acid groups (broad SMARTS) is 1.